The molecule has 0 saturated carbocycles. The van der Waals surface area contributed by atoms with Crippen molar-refractivity contribution in [1.29, 1.82) is 0 Å². The highest BCUT2D eigenvalue weighted by Gasteiger charge is 2.27. The zero-order valence-corrected chi connectivity index (χ0v) is 12.8. The second kappa shape index (κ2) is 7.39. The van der Waals surface area contributed by atoms with E-state index in [-0.39, 0.29) is 35.9 Å². The number of benzene rings is 1. The molecule has 0 unspecified atom stereocenters. The Morgan fingerprint density at radius 1 is 1.38 bits per heavy atom. The van der Waals surface area contributed by atoms with Crippen LogP contribution in [0.4, 0.5) is 0 Å². The third kappa shape index (κ3) is 3.93. The van der Waals surface area contributed by atoms with Gasteiger partial charge in [0.05, 0.1) is 12.7 Å². The van der Waals surface area contributed by atoms with Crippen LogP contribution in [0, 0.1) is 0 Å². The molecule has 0 spiro atoms. The molecule has 0 atom stereocenters. The normalized spacial score (nSPS) is 11.6. The number of methoxy groups -OCH3 is 1. The molecular formula is C13H19NO6S. The minimum absolute atomic E-state index is 0.0856. The maximum Gasteiger partial charge on any atom is 0.335 e. The summed E-state index contributed by atoms with van der Waals surface area (Å²) in [6.45, 7) is 1.90. The lowest BCUT2D eigenvalue weighted by molar-refractivity contribution is 0.0696. The van der Waals surface area contributed by atoms with Gasteiger partial charge in [-0.2, -0.15) is 4.31 Å². The summed E-state index contributed by atoms with van der Waals surface area (Å²) >= 11 is 0. The molecule has 1 aromatic rings. The lowest BCUT2D eigenvalue weighted by Crippen LogP contribution is -2.32. The van der Waals surface area contributed by atoms with Gasteiger partial charge >= 0.3 is 5.97 Å². The maximum atomic E-state index is 12.6. The van der Waals surface area contributed by atoms with Gasteiger partial charge in [-0.15, -0.1) is 0 Å². The average Bonchev–Trinajstić information content (AvgIpc) is 2.47. The Labute approximate surface area is 123 Å². The quantitative estimate of drug-likeness (QED) is 0.734. The van der Waals surface area contributed by atoms with Gasteiger partial charge in [0.1, 0.15) is 10.6 Å². The molecule has 0 bridgehead atoms. The summed E-state index contributed by atoms with van der Waals surface area (Å²) in [7, 11) is -2.57. The Bertz CT molecular complexity index is 599. The zero-order chi connectivity index (χ0) is 16.0. The number of carboxylic acid groups (broad SMARTS) is 1. The maximum absolute atomic E-state index is 12.6. The highest BCUT2D eigenvalue weighted by Crippen LogP contribution is 2.28. The fraction of sp³-hybridized carbons (Fsp3) is 0.462. The van der Waals surface area contributed by atoms with Gasteiger partial charge in [0, 0.05) is 19.7 Å². The van der Waals surface area contributed by atoms with Crippen LogP contribution in [-0.4, -0.2) is 55.7 Å². The van der Waals surface area contributed by atoms with Crippen LogP contribution in [0.3, 0.4) is 0 Å². The van der Waals surface area contributed by atoms with Crippen molar-refractivity contribution in [2.45, 2.75) is 18.2 Å². The Hall–Kier alpha value is -1.64. The summed E-state index contributed by atoms with van der Waals surface area (Å²) in [5.41, 5.74) is -0.132. The number of nitrogens with zero attached hydrogens (tertiary/aromatic N) is 1. The number of sulfonamides is 1. The highest BCUT2D eigenvalue weighted by molar-refractivity contribution is 7.89. The molecule has 0 radical (unpaired) electrons. The second-order valence-corrected chi connectivity index (χ2v) is 6.15. The molecule has 1 aromatic carbocycles. The standard InChI is InChI=1S/C13H19NO6S/c1-3-14(7-4-8-15)21(18,19)12-9-10(13(16)17)5-6-11(12)20-2/h5-6,9,15H,3-4,7-8H2,1-2H3,(H,16,17). The zero-order valence-electron chi connectivity index (χ0n) is 11.9. The number of rotatable bonds is 8. The Kier molecular flexibility index (Phi) is 6.13. The van der Waals surface area contributed by atoms with Gasteiger partial charge in [-0.1, -0.05) is 6.92 Å². The first-order valence-electron chi connectivity index (χ1n) is 6.40. The third-order valence-corrected chi connectivity index (χ3v) is 4.94. The van der Waals surface area contributed by atoms with Crippen LogP contribution in [0.5, 0.6) is 5.75 Å². The summed E-state index contributed by atoms with van der Waals surface area (Å²) in [5.74, 6) is -1.13. The number of aliphatic hydroxyl groups excluding tert-OH is 1. The average molecular weight is 317 g/mol. The van der Waals surface area contributed by atoms with Crippen molar-refractivity contribution in [1.82, 2.24) is 4.31 Å². The van der Waals surface area contributed by atoms with Gasteiger partial charge in [0.2, 0.25) is 10.0 Å². The largest absolute Gasteiger partial charge is 0.495 e. The molecule has 21 heavy (non-hydrogen) atoms. The third-order valence-electron chi connectivity index (χ3n) is 2.95. The van der Waals surface area contributed by atoms with Gasteiger partial charge in [-0.3, -0.25) is 0 Å². The predicted octanol–water partition coefficient (Wildman–Crippen LogP) is 0.786. The number of hydrogen-bond donors (Lipinski definition) is 2. The molecular weight excluding hydrogens is 298 g/mol. The first kappa shape index (κ1) is 17.4. The number of carboxylic acids is 1. The van der Waals surface area contributed by atoms with E-state index in [9.17, 15) is 13.2 Å². The van der Waals surface area contributed by atoms with E-state index >= 15 is 0 Å². The Morgan fingerprint density at radius 2 is 2.05 bits per heavy atom. The smallest absolute Gasteiger partial charge is 0.335 e. The lowest BCUT2D eigenvalue weighted by atomic mass is 10.2. The van der Waals surface area contributed by atoms with E-state index < -0.39 is 16.0 Å². The van der Waals surface area contributed by atoms with E-state index in [1.807, 2.05) is 0 Å². The number of ether oxygens (including phenoxy) is 1. The second-order valence-electron chi connectivity index (χ2n) is 4.24. The summed E-state index contributed by atoms with van der Waals surface area (Å²) in [4.78, 5) is 10.8. The van der Waals surface area contributed by atoms with Gasteiger partial charge in [0.15, 0.2) is 0 Å². The summed E-state index contributed by atoms with van der Waals surface area (Å²) in [6.07, 6.45) is 0.300. The van der Waals surface area contributed by atoms with E-state index in [0.29, 0.717) is 6.42 Å². The predicted molar refractivity (Wildman–Crippen MR) is 76.1 cm³/mol. The first-order chi connectivity index (χ1) is 9.88. The molecule has 8 heteroatoms. The van der Waals surface area contributed by atoms with Crippen LogP contribution >= 0.6 is 0 Å². The highest BCUT2D eigenvalue weighted by atomic mass is 32.2. The van der Waals surface area contributed by atoms with Crippen molar-refractivity contribution >= 4 is 16.0 Å². The molecule has 7 nitrogen and oxygen atoms in total. The fourth-order valence-corrected chi connectivity index (χ4v) is 3.51. The van der Waals surface area contributed by atoms with Gasteiger partial charge < -0.3 is 14.9 Å². The number of carbonyl (C=O) groups is 1. The topological polar surface area (TPSA) is 104 Å². The van der Waals surface area contributed by atoms with E-state index in [1.165, 1.54) is 23.5 Å². The van der Waals surface area contributed by atoms with E-state index in [4.69, 9.17) is 14.9 Å². The first-order valence-corrected chi connectivity index (χ1v) is 7.84. The van der Waals surface area contributed by atoms with Crippen molar-refractivity contribution in [3.8, 4) is 5.75 Å². The molecule has 0 fully saturated rings. The minimum Gasteiger partial charge on any atom is -0.495 e. The Balaban J connectivity index is 3.33. The van der Waals surface area contributed by atoms with Gasteiger partial charge in [-0.25, -0.2) is 13.2 Å². The number of aromatic carboxylic acids is 1. The molecule has 0 aliphatic rings. The van der Waals surface area contributed by atoms with Crippen LogP contribution in [0.25, 0.3) is 0 Å². The summed E-state index contributed by atoms with van der Waals surface area (Å²) in [5, 5.41) is 17.8. The number of hydrogen-bond acceptors (Lipinski definition) is 5. The van der Waals surface area contributed by atoms with E-state index in [2.05, 4.69) is 0 Å². The molecule has 0 aromatic heterocycles. The van der Waals surface area contributed by atoms with Crippen molar-refractivity contribution in [2.75, 3.05) is 26.8 Å². The van der Waals surface area contributed by atoms with Crippen LogP contribution in [0.15, 0.2) is 23.1 Å². The monoisotopic (exact) mass is 317 g/mol. The molecule has 1 rings (SSSR count). The van der Waals surface area contributed by atoms with Gasteiger partial charge in [-0.05, 0) is 24.6 Å². The van der Waals surface area contributed by atoms with Crippen molar-refractivity contribution in [3.05, 3.63) is 23.8 Å². The van der Waals surface area contributed by atoms with Crippen LogP contribution < -0.4 is 4.74 Å². The molecule has 2 N–H and O–H groups in total. The SMILES string of the molecule is CCN(CCCO)S(=O)(=O)c1cc(C(=O)O)ccc1OC. The molecule has 118 valence electrons. The van der Waals surface area contributed by atoms with Crippen molar-refractivity contribution < 1.29 is 28.2 Å². The van der Waals surface area contributed by atoms with Crippen molar-refractivity contribution in [3.63, 3.8) is 0 Å². The fourth-order valence-electron chi connectivity index (χ4n) is 1.85. The van der Waals surface area contributed by atoms with Crippen molar-refractivity contribution in [2.24, 2.45) is 0 Å². The van der Waals surface area contributed by atoms with Crippen LogP contribution in [0.1, 0.15) is 23.7 Å². The molecule has 0 saturated heterocycles. The molecule has 0 aliphatic carbocycles. The Morgan fingerprint density at radius 3 is 2.52 bits per heavy atom. The van der Waals surface area contributed by atoms with E-state index in [0.717, 1.165) is 6.07 Å². The molecule has 0 heterocycles. The van der Waals surface area contributed by atoms with Crippen LogP contribution in [-0.2, 0) is 10.0 Å². The van der Waals surface area contributed by atoms with Crippen LogP contribution in [0.2, 0.25) is 0 Å². The summed E-state index contributed by atoms with van der Waals surface area (Å²) in [6, 6.07) is 3.68. The molecule has 0 aliphatic heterocycles. The lowest BCUT2D eigenvalue weighted by Gasteiger charge is -2.21. The molecule has 0 amide bonds. The summed E-state index contributed by atoms with van der Waals surface area (Å²) < 4.78 is 31.4. The van der Waals surface area contributed by atoms with E-state index in [1.54, 1.807) is 6.92 Å². The van der Waals surface area contributed by atoms with Gasteiger partial charge in [0.25, 0.3) is 0 Å². The number of aliphatic hydroxyl groups is 1. The minimum atomic E-state index is -3.89.